The van der Waals surface area contributed by atoms with Gasteiger partial charge in [-0.25, -0.2) is 18.6 Å². The van der Waals surface area contributed by atoms with Crippen LogP contribution in [-0.2, 0) is 46.9 Å². The zero-order valence-corrected chi connectivity index (χ0v) is 21.9. The van der Waals surface area contributed by atoms with Gasteiger partial charge in [0.1, 0.15) is 5.60 Å². The Morgan fingerprint density at radius 2 is 1.66 bits per heavy atom. The van der Waals surface area contributed by atoms with E-state index in [0.29, 0.717) is 16.5 Å². The van der Waals surface area contributed by atoms with Crippen LogP contribution < -0.4 is 5.32 Å². The van der Waals surface area contributed by atoms with Crippen molar-refractivity contribution in [2.24, 2.45) is 0 Å². The predicted molar refractivity (Wildman–Crippen MR) is 136 cm³/mol. The average Bonchev–Trinajstić information content (AvgIpc) is 3.17. The molecule has 0 saturated carbocycles. The van der Waals surface area contributed by atoms with E-state index in [1.54, 1.807) is 32.9 Å². The number of hydrogen-bond acceptors (Lipinski definition) is 6. The maximum absolute atomic E-state index is 13.8. The quantitative estimate of drug-likeness (QED) is 0.595. The molecular weight excluding hydrogens is 464 g/mol. The number of anilines is 1. The maximum Gasteiger partial charge on any atom is 0.431 e. The molecule has 2 aromatic rings. The molecular formula is C26H34N4O4S. The van der Waals surface area contributed by atoms with E-state index in [-0.39, 0.29) is 4.90 Å². The predicted octanol–water partition coefficient (Wildman–Crippen LogP) is 5.13. The van der Waals surface area contributed by atoms with Gasteiger partial charge in [0.25, 0.3) is 0 Å². The first-order valence-electron chi connectivity index (χ1n) is 11.9. The van der Waals surface area contributed by atoms with Crippen molar-refractivity contribution in [3.63, 3.8) is 0 Å². The van der Waals surface area contributed by atoms with Crippen LogP contribution in [0.25, 0.3) is 0 Å². The summed E-state index contributed by atoms with van der Waals surface area (Å²) in [5, 5.41) is 2.86. The van der Waals surface area contributed by atoms with Crippen LogP contribution in [0.5, 0.6) is 0 Å². The van der Waals surface area contributed by atoms with Crippen LogP contribution in [0.2, 0.25) is 0 Å². The number of hydrogen-bond donors (Lipinski definition) is 2. The Balaban J connectivity index is 1.70. The molecule has 0 spiro atoms. The van der Waals surface area contributed by atoms with Crippen molar-refractivity contribution in [3.8, 4) is 0 Å². The van der Waals surface area contributed by atoms with Crippen molar-refractivity contribution in [2.75, 3.05) is 19.4 Å². The topological polar surface area (TPSA) is 103 Å². The number of carbonyl (C=O) groups is 2. The van der Waals surface area contributed by atoms with Gasteiger partial charge in [0, 0.05) is 12.2 Å². The Morgan fingerprint density at radius 1 is 1.03 bits per heavy atom. The molecule has 2 N–H and O–H groups in total. The summed E-state index contributed by atoms with van der Waals surface area (Å²) in [7, 11) is -0.152. The molecule has 4 rings (SSSR count). The standard InChI is InChI=1S/C26H34N4O4S/c1-26(2,3)34-25(32)30(35(27,33)20-12-9-17(10-13-20)16-29(4)5)24(31)28-23-21-8-6-7-18(21)15-19-11-14-22(19)23/h9-10,12-13,15,27H,6-8,11,14,16H2,1-5H3,(H,28,31). The minimum Gasteiger partial charge on any atom is -0.443 e. The number of carbonyl (C=O) groups excluding carboxylic acids is 2. The molecule has 1 atom stereocenters. The van der Waals surface area contributed by atoms with Gasteiger partial charge in [-0.2, -0.15) is 0 Å². The van der Waals surface area contributed by atoms with Gasteiger partial charge < -0.3 is 15.0 Å². The van der Waals surface area contributed by atoms with E-state index in [2.05, 4.69) is 11.4 Å². The number of benzene rings is 2. The van der Waals surface area contributed by atoms with Gasteiger partial charge >= 0.3 is 12.1 Å². The molecule has 0 aliphatic heterocycles. The third-order valence-electron chi connectivity index (χ3n) is 6.22. The number of fused-ring (bicyclic) bond motifs is 2. The van der Waals surface area contributed by atoms with Crippen molar-refractivity contribution in [3.05, 3.63) is 58.1 Å². The van der Waals surface area contributed by atoms with Crippen LogP contribution in [0, 0.1) is 4.78 Å². The van der Waals surface area contributed by atoms with E-state index in [4.69, 9.17) is 9.52 Å². The molecule has 1 unspecified atom stereocenters. The molecule has 8 nitrogen and oxygen atoms in total. The van der Waals surface area contributed by atoms with Crippen molar-refractivity contribution in [2.45, 2.75) is 69.9 Å². The fourth-order valence-corrected chi connectivity index (χ4v) is 5.85. The molecule has 0 fully saturated rings. The van der Waals surface area contributed by atoms with Gasteiger partial charge in [0.15, 0.2) is 9.92 Å². The second kappa shape index (κ2) is 9.28. The van der Waals surface area contributed by atoms with Crippen molar-refractivity contribution in [1.82, 2.24) is 9.21 Å². The average molecular weight is 499 g/mol. The molecule has 9 heteroatoms. The van der Waals surface area contributed by atoms with E-state index in [0.717, 1.165) is 48.8 Å². The second-order valence-corrected chi connectivity index (χ2v) is 12.4. The van der Waals surface area contributed by atoms with Gasteiger partial charge in [-0.05, 0) is 107 Å². The highest BCUT2D eigenvalue weighted by atomic mass is 32.2. The zero-order chi connectivity index (χ0) is 25.5. The van der Waals surface area contributed by atoms with Crippen LogP contribution in [0.4, 0.5) is 15.3 Å². The maximum atomic E-state index is 13.8. The van der Waals surface area contributed by atoms with Crippen molar-refractivity contribution >= 4 is 27.7 Å². The molecule has 0 aromatic heterocycles. The third-order valence-corrected chi connectivity index (χ3v) is 7.96. The summed E-state index contributed by atoms with van der Waals surface area (Å²) in [6, 6.07) is 7.87. The Kier molecular flexibility index (Phi) is 6.68. The van der Waals surface area contributed by atoms with Gasteiger partial charge in [-0.1, -0.05) is 18.2 Å². The highest BCUT2D eigenvalue weighted by molar-refractivity contribution is 7.91. The zero-order valence-electron chi connectivity index (χ0n) is 21.1. The minimum absolute atomic E-state index is 0.0623. The van der Waals surface area contributed by atoms with Crippen LogP contribution in [0.15, 0.2) is 35.2 Å². The van der Waals surface area contributed by atoms with Gasteiger partial charge in [0.05, 0.1) is 4.90 Å². The number of aryl methyl sites for hydroxylation is 2. The van der Waals surface area contributed by atoms with Crippen molar-refractivity contribution in [1.29, 1.82) is 4.78 Å². The third kappa shape index (κ3) is 5.21. The minimum atomic E-state index is -4.02. The molecule has 2 aromatic carbocycles. The largest absolute Gasteiger partial charge is 0.443 e. The lowest BCUT2D eigenvalue weighted by Gasteiger charge is -2.30. The van der Waals surface area contributed by atoms with Gasteiger partial charge in [-0.15, -0.1) is 4.31 Å². The number of nitrogens with one attached hydrogen (secondary N) is 2. The van der Waals surface area contributed by atoms with Crippen LogP contribution in [0.3, 0.4) is 0 Å². The summed E-state index contributed by atoms with van der Waals surface area (Å²) < 4.78 is 28.4. The number of urea groups is 1. The highest BCUT2D eigenvalue weighted by Gasteiger charge is 2.38. The Labute approximate surface area is 207 Å². The van der Waals surface area contributed by atoms with Gasteiger partial charge in [0.2, 0.25) is 0 Å². The lowest BCUT2D eigenvalue weighted by molar-refractivity contribution is 0.0443. The Hall–Kier alpha value is -2.91. The van der Waals surface area contributed by atoms with Crippen LogP contribution in [-0.4, -0.2) is 45.2 Å². The summed E-state index contributed by atoms with van der Waals surface area (Å²) in [5.74, 6) is 0. The number of amides is 3. The first kappa shape index (κ1) is 25.2. The second-order valence-electron chi connectivity index (χ2n) is 10.5. The van der Waals surface area contributed by atoms with E-state index in [1.165, 1.54) is 23.3 Å². The van der Waals surface area contributed by atoms with Crippen molar-refractivity contribution < 1.29 is 18.5 Å². The van der Waals surface area contributed by atoms with E-state index in [1.807, 2.05) is 19.0 Å². The fraction of sp³-hybridized carbons (Fsp3) is 0.462. The number of nitrogens with zero attached hydrogens (tertiary/aromatic N) is 2. The molecule has 35 heavy (non-hydrogen) atoms. The Morgan fingerprint density at radius 3 is 2.23 bits per heavy atom. The summed E-state index contributed by atoms with van der Waals surface area (Å²) in [6.07, 6.45) is 3.48. The Bertz CT molecular complexity index is 1260. The molecule has 0 saturated heterocycles. The normalized spacial score (nSPS) is 16.1. The number of rotatable bonds is 5. The SMILES string of the molecule is CN(C)Cc1ccc(S(=N)(=O)N(C(=O)Nc2c3c(cc4c2CC4)CCC3)C(=O)OC(C)(C)C)cc1. The smallest absolute Gasteiger partial charge is 0.431 e. The molecule has 188 valence electrons. The van der Waals surface area contributed by atoms with Gasteiger partial charge in [-0.3, -0.25) is 0 Å². The molecule has 2 aliphatic rings. The first-order chi connectivity index (χ1) is 16.4. The van der Waals surface area contributed by atoms with E-state index < -0.39 is 27.6 Å². The summed E-state index contributed by atoms with van der Waals surface area (Å²) in [4.78, 5) is 28.8. The fourth-order valence-electron chi connectivity index (χ4n) is 4.61. The molecule has 2 aliphatic carbocycles. The number of ether oxygens (including phenoxy) is 1. The summed E-state index contributed by atoms with van der Waals surface area (Å²) in [5.41, 5.74) is 5.28. The molecule has 3 amide bonds. The summed E-state index contributed by atoms with van der Waals surface area (Å²) in [6.45, 7) is 5.65. The van der Waals surface area contributed by atoms with E-state index >= 15 is 0 Å². The molecule has 0 heterocycles. The lowest BCUT2D eigenvalue weighted by atomic mass is 9.83. The first-order valence-corrected chi connectivity index (χ1v) is 13.4. The molecule has 0 bridgehead atoms. The summed E-state index contributed by atoms with van der Waals surface area (Å²) >= 11 is 0. The van der Waals surface area contributed by atoms with E-state index in [9.17, 15) is 13.8 Å². The van der Waals surface area contributed by atoms with Crippen LogP contribution >= 0.6 is 0 Å². The lowest BCUT2D eigenvalue weighted by Crippen LogP contribution is -2.46. The van der Waals surface area contributed by atoms with Crippen LogP contribution in [0.1, 0.15) is 55.0 Å². The number of imide groups is 1. The molecule has 0 radical (unpaired) electrons. The monoisotopic (exact) mass is 498 g/mol. The highest BCUT2D eigenvalue weighted by Crippen LogP contribution is 2.40.